The summed E-state index contributed by atoms with van der Waals surface area (Å²) in [5.74, 6) is 0. The molecule has 0 spiro atoms. The number of ether oxygens (including phenoxy) is 1. The van der Waals surface area contributed by atoms with E-state index in [9.17, 15) is 0 Å². The molecule has 0 atom stereocenters. The van der Waals surface area contributed by atoms with Gasteiger partial charge in [0.2, 0.25) is 0 Å². The molecule has 0 unspecified atom stereocenters. The maximum absolute atomic E-state index is 7.64. The number of nitrogens with one attached hydrogen (secondary N) is 1. The van der Waals surface area contributed by atoms with Gasteiger partial charge in [0, 0.05) is 24.2 Å². The van der Waals surface area contributed by atoms with Crippen molar-refractivity contribution < 1.29 is 4.74 Å². The summed E-state index contributed by atoms with van der Waals surface area (Å²) in [6.07, 6.45) is 0. The molecule has 0 aliphatic carbocycles. The van der Waals surface area contributed by atoms with Gasteiger partial charge in [0.25, 0.3) is 0 Å². The maximum Gasteiger partial charge on any atom is 0.182 e. The lowest BCUT2D eigenvalue weighted by molar-refractivity contribution is 0.185. The van der Waals surface area contributed by atoms with Gasteiger partial charge < -0.3 is 9.30 Å². The summed E-state index contributed by atoms with van der Waals surface area (Å²) in [7, 11) is 1.68. The van der Waals surface area contributed by atoms with Crippen LogP contribution in [0.1, 0.15) is 10.6 Å². The van der Waals surface area contributed by atoms with E-state index >= 15 is 0 Å². The lowest BCUT2D eigenvalue weighted by Gasteiger charge is -2.03. The molecule has 0 bridgehead atoms. The number of nitrogens with zero attached hydrogens (tertiary/aromatic N) is 1. The lowest BCUT2D eigenvalue weighted by Crippen LogP contribution is -2.17. The quantitative estimate of drug-likeness (QED) is 0.892. The van der Waals surface area contributed by atoms with E-state index < -0.39 is 0 Å². The molecule has 1 aromatic rings. The average Bonchev–Trinajstić information content (AvgIpc) is 2.25. The van der Waals surface area contributed by atoms with Gasteiger partial charge in [0.15, 0.2) is 4.80 Å². The van der Waals surface area contributed by atoms with Crippen molar-refractivity contribution in [2.24, 2.45) is 0 Å². The zero-order valence-electron chi connectivity index (χ0n) is 8.09. The van der Waals surface area contributed by atoms with Crippen molar-refractivity contribution in [2.75, 3.05) is 13.7 Å². The van der Waals surface area contributed by atoms with Crippen LogP contribution in [0.2, 0.25) is 0 Å². The fraction of sp³-hybridized carbons (Fsp3) is 0.625. The average molecular weight is 267 g/mol. The number of halogens is 1. The third-order valence-electron chi connectivity index (χ3n) is 1.93. The van der Waals surface area contributed by atoms with Crippen molar-refractivity contribution in [2.45, 2.75) is 20.4 Å². The molecule has 1 rings (SSSR count). The normalized spacial score (nSPS) is 9.77. The van der Waals surface area contributed by atoms with E-state index in [0.29, 0.717) is 11.4 Å². The molecule has 0 aromatic carbocycles. The molecule has 0 aliphatic heterocycles. The molecule has 0 aliphatic rings. The fourth-order valence-electron chi connectivity index (χ4n) is 1.07. The Morgan fingerprint density at radius 3 is 2.46 bits per heavy atom. The molecular weight excluding hydrogens is 252 g/mol. The van der Waals surface area contributed by atoms with Crippen molar-refractivity contribution in [3.8, 4) is 0 Å². The standard InChI is InChI=1S/C8H14N2OS.BrH/c1-6-7(2)12-8(9)10(6)4-5-11-3;/h9H,4-5H2,1-3H3;1H. The van der Waals surface area contributed by atoms with Crippen LogP contribution in [0.25, 0.3) is 0 Å². The topological polar surface area (TPSA) is 38.0 Å². The minimum atomic E-state index is 0. The Balaban J connectivity index is 0.00000144. The van der Waals surface area contributed by atoms with Crippen LogP contribution in [-0.2, 0) is 11.3 Å². The first-order valence-corrected chi connectivity index (χ1v) is 4.69. The van der Waals surface area contributed by atoms with Gasteiger partial charge in [-0.15, -0.1) is 28.3 Å². The summed E-state index contributed by atoms with van der Waals surface area (Å²) < 4.78 is 6.94. The number of aromatic nitrogens is 1. The monoisotopic (exact) mass is 266 g/mol. The van der Waals surface area contributed by atoms with Crippen molar-refractivity contribution >= 4 is 28.3 Å². The Kier molecular flexibility index (Phi) is 5.51. The summed E-state index contributed by atoms with van der Waals surface area (Å²) in [5.41, 5.74) is 1.18. The van der Waals surface area contributed by atoms with E-state index in [0.717, 1.165) is 6.54 Å². The molecule has 0 fully saturated rings. The van der Waals surface area contributed by atoms with Gasteiger partial charge in [-0.05, 0) is 13.8 Å². The predicted molar refractivity (Wildman–Crippen MR) is 59.8 cm³/mol. The van der Waals surface area contributed by atoms with E-state index in [1.807, 2.05) is 18.4 Å². The molecular formula is C8H15BrN2OS. The highest BCUT2D eigenvalue weighted by molar-refractivity contribution is 8.93. The molecule has 1 N–H and O–H groups in total. The highest BCUT2D eigenvalue weighted by Crippen LogP contribution is 2.08. The second-order valence-corrected chi connectivity index (χ2v) is 3.90. The van der Waals surface area contributed by atoms with Crippen molar-refractivity contribution in [1.29, 1.82) is 5.41 Å². The minimum Gasteiger partial charge on any atom is -0.383 e. The first kappa shape index (κ1) is 12.9. The maximum atomic E-state index is 7.64. The van der Waals surface area contributed by atoms with Crippen LogP contribution < -0.4 is 4.80 Å². The molecule has 0 saturated heterocycles. The number of rotatable bonds is 3. The van der Waals surface area contributed by atoms with Crippen molar-refractivity contribution in [3.05, 3.63) is 15.4 Å². The summed E-state index contributed by atoms with van der Waals surface area (Å²) in [5, 5.41) is 7.64. The van der Waals surface area contributed by atoms with Crippen molar-refractivity contribution in [1.82, 2.24) is 4.57 Å². The molecule has 0 radical (unpaired) electrons. The molecule has 0 saturated carbocycles. The third-order valence-corrected chi connectivity index (χ3v) is 2.94. The van der Waals surface area contributed by atoms with Crippen LogP contribution in [0.5, 0.6) is 0 Å². The first-order chi connectivity index (χ1) is 5.66. The number of hydrogen-bond donors (Lipinski definition) is 1. The Morgan fingerprint density at radius 1 is 1.46 bits per heavy atom. The summed E-state index contributed by atoms with van der Waals surface area (Å²) in [6, 6.07) is 0. The van der Waals surface area contributed by atoms with E-state index in [1.54, 1.807) is 7.11 Å². The second-order valence-electron chi connectivity index (χ2n) is 2.69. The summed E-state index contributed by atoms with van der Waals surface area (Å²) in [4.78, 5) is 1.83. The molecule has 0 amide bonds. The van der Waals surface area contributed by atoms with Gasteiger partial charge in [-0.3, -0.25) is 5.41 Å². The Labute approximate surface area is 92.6 Å². The lowest BCUT2D eigenvalue weighted by atomic mass is 10.4. The number of thiazole rings is 1. The highest BCUT2D eigenvalue weighted by Gasteiger charge is 2.03. The van der Waals surface area contributed by atoms with Crippen LogP contribution in [-0.4, -0.2) is 18.3 Å². The zero-order chi connectivity index (χ0) is 9.14. The molecule has 5 heteroatoms. The molecule has 76 valence electrons. The summed E-state index contributed by atoms with van der Waals surface area (Å²) >= 11 is 1.52. The van der Waals surface area contributed by atoms with Gasteiger partial charge in [0.05, 0.1) is 6.61 Å². The van der Waals surface area contributed by atoms with Gasteiger partial charge in [-0.25, -0.2) is 0 Å². The zero-order valence-corrected chi connectivity index (χ0v) is 10.6. The predicted octanol–water partition coefficient (Wildman–Crippen LogP) is 1.87. The largest absolute Gasteiger partial charge is 0.383 e. The van der Waals surface area contributed by atoms with Crippen LogP contribution in [0, 0.1) is 19.3 Å². The Morgan fingerprint density at radius 2 is 2.08 bits per heavy atom. The van der Waals surface area contributed by atoms with Gasteiger partial charge >= 0.3 is 0 Å². The van der Waals surface area contributed by atoms with Gasteiger partial charge in [-0.2, -0.15) is 0 Å². The smallest absolute Gasteiger partial charge is 0.182 e. The fourth-order valence-corrected chi connectivity index (χ4v) is 1.95. The van der Waals surface area contributed by atoms with E-state index in [2.05, 4.69) is 0 Å². The Bertz CT molecular complexity index is 318. The van der Waals surface area contributed by atoms with Gasteiger partial charge in [0.1, 0.15) is 0 Å². The SMILES string of the molecule is Br.COCCn1c(C)c(C)sc1=N. The first-order valence-electron chi connectivity index (χ1n) is 3.87. The number of methoxy groups -OCH3 is 1. The third kappa shape index (κ3) is 2.93. The minimum absolute atomic E-state index is 0. The molecule has 13 heavy (non-hydrogen) atoms. The van der Waals surface area contributed by atoms with Crippen LogP contribution in [0.15, 0.2) is 0 Å². The van der Waals surface area contributed by atoms with Gasteiger partial charge in [-0.1, -0.05) is 0 Å². The van der Waals surface area contributed by atoms with E-state index in [4.69, 9.17) is 10.1 Å². The second kappa shape index (κ2) is 5.57. The van der Waals surface area contributed by atoms with Crippen LogP contribution in [0.3, 0.4) is 0 Å². The van der Waals surface area contributed by atoms with Crippen LogP contribution >= 0.6 is 28.3 Å². The highest BCUT2D eigenvalue weighted by atomic mass is 79.9. The van der Waals surface area contributed by atoms with E-state index in [-0.39, 0.29) is 17.0 Å². The summed E-state index contributed by atoms with van der Waals surface area (Å²) in [6.45, 7) is 5.54. The molecule has 3 nitrogen and oxygen atoms in total. The molecule has 1 heterocycles. The molecule has 1 aromatic heterocycles. The van der Waals surface area contributed by atoms with Crippen molar-refractivity contribution in [3.63, 3.8) is 0 Å². The Hall–Kier alpha value is -0.130. The number of hydrogen-bond acceptors (Lipinski definition) is 3. The number of aryl methyl sites for hydroxylation is 1. The van der Waals surface area contributed by atoms with E-state index in [1.165, 1.54) is 21.9 Å². The van der Waals surface area contributed by atoms with Crippen LogP contribution in [0.4, 0.5) is 0 Å².